The number of benzene rings is 1. The molecule has 0 aliphatic heterocycles. The minimum atomic E-state index is -0.575. The van der Waals surface area contributed by atoms with Gasteiger partial charge in [-0.2, -0.15) is 0 Å². The molecule has 110 valence electrons. The molecule has 0 fully saturated rings. The Morgan fingerprint density at radius 2 is 2.05 bits per heavy atom. The molecule has 2 rings (SSSR count). The van der Waals surface area contributed by atoms with Gasteiger partial charge in [-0.05, 0) is 38.1 Å². The number of hydrogen-bond donors (Lipinski definition) is 1. The summed E-state index contributed by atoms with van der Waals surface area (Å²) in [5, 5.41) is 2.64. The maximum Gasteiger partial charge on any atom is 0.342 e. The SMILES string of the molecule is Cc1cc(C(=O)OCC(=O)Nc2cccc(Br)c2)c(C)o1. The van der Waals surface area contributed by atoms with Crippen LogP contribution >= 0.6 is 15.9 Å². The lowest BCUT2D eigenvalue weighted by atomic mass is 10.2. The van der Waals surface area contributed by atoms with Gasteiger partial charge in [-0.3, -0.25) is 4.79 Å². The Kier molecular flexibility index (Phi) is 4.80. The first-order valence-electron chi connectivity index (χ1n) is 6.25. The molecule has 0 spiro atoms. The van der Waals surface area contributed by atoms with Gasteiger partial charge in [0.2, 0.25) is 0 Å². The summed E-state index contributed by atoms with van der Waals surface area (Å²) in [6.45, 7) is 3.06. The highest BCUT2D eigenvalue weighted by Crippen LogP contribution is 2.16. The molecule has 0 radical (unpaired) electrons. The Labute approximate surface area is 130 Å². The van der Waals surface area contributed by atoms with Crippen LogP contribution in [0.15, 0.2) is 39.2 Å². The Morgan fingerprint density at radius 1 is 1.29 bits per heavy atom. The fourth-order valence-corrected chi connectivity index (χ4v) is 2.20. The van der Waals surface area contributed by atoms with E-state index in [0.717, 1.165) is 4.47 Å². The summed E-state index contributed by atoms with van der Waals surface area (Å²) in [5.74, 6) is 0.121. The van der Waals surface area contributed by atoms with Crippen molar-refractivity contribution in [2.45, 2.75) is 13.8 Å². The third-order valence-corrected chi connectivity index (χ3v) is 3.20. The van der Waals surface area contributed by atoms with Crippen LogP contribution in [0.3, 0.4) is 0 Å². The molecule has 1 aromatic heterocycles. The molecular weight excluding hydrogens is 338 g/mol. The predicted octanol–water partition coefficient (Wildman–Crippen LogP) is 3.45. The van der Waals surface area contributed by atoms with Crippen molar-refractivity contribution in [2.24, 2.45) is 0 Å². The van der Waals surface area contributed by atoms with Gasteiger partial charge in [0.25, 0.3) is 5.91 Å². The van der Waals surface area contributed by atoms with E-state index in [0.29, 0.717) is 22.8 Å². The monoisotopic (exact) mass is 351 g/mol. The highest BCUT2D eigenvalue weighted by atomic mass is 79.9. The maximum absolute atomic E-state index is 11.8. The average Bonchev–Trinajstić information content (AvgIpc) is 2.75. The lowest BCUT2D eigenvalue weighted by Gasteiger charge is -2.06. The second-order valence-electron chi connectivity index (χ2n) is 4.46. The van der Waals surface area contributed by atoms with Crippen molar-refractivity contribution >= 4 is 33.5 Å². The third kappa shape index (κ3) is 4.19. The Bertz CT molecular complexity index is 678. The minimum absolute atomic E-state index is 0.336. The number of halogens is 1. The number of furan rings is 1. The van der Waals surface area contributed by atoms with Crippen LogP contribution < -0.4 is 5.32 Å². The smallest absolute Gasteiger partial charge is 0.342 e. The van der Waals surface area contributed by atoms with Crippen molar-refractivity contribution < 1.29 is 18.7 Å². The van der Waals surface area contributed by atoms with Crippen LogP contribution in [0.2, 0.25) is 0 Å². The molecule has 0 saturated heterocycles. The van der Waals surface area contributed by atoms with Crippen LogP contribution in [0.5, 0.6) is 0 Å². The van der Waals surface area contributed by atoms with Crippen LogP contribution in [-0.4, -0.2) is 18.5 Å². The zero-order chi connectivity index (χ0) is 15.4. The first-order valence-corrected chi connectivity index (χ1v) is 7.04. The fraction of sp³-hybridized carbons (Fsp3) is 0.200. The molecule has 0 unspecified atom stereocenters. The van der Waals surface area contributed by atoms with Crippen LogP contribution in [-0.2, 0) is 9.53 Å². The number of ether oxygens (including phenoxy) is 1. The molecule has 0 bridgehead atoms. The highest BCUT2D eigenvalue weighted by molar-refractivity contribution is 9.10. The summed E-state index contributed by atoms with van der Waals surface area (Å²) in [7, 11) is 0. The van der Waals surface area contributed by atoms with E-state index in [2.05, 4.69) is 21.2 Å². The quantitative estimate of drug-likeness (QED) is 0.856. The molecule has 1 aromatic carbocycles. The molecule has 1 heterocycles. The zero-order valence-electron chi connectivity index (χ0n) is 11.6. The zero-order valence-corrected chi connectivity index (χ0v) is 13.2. The Hall–Kier alpha value is -2.08. The van der Waals surface area contributed by atoms with E-state index in [-0.39, 0.29) is 6.61 Å². The first-order chi connectivity index (χ1) is 9.95. The Morgan fingerprint density at radius 3 is 2.67 bits per heavy atom. The third-order valence-electron chi connectivity index (χ3n) is 2.70. The van der Waals surface area contributed by atoms with Gasteiger partial charge in [-0.1, -0.05) is 22.0 Å². The van der Waals surface area contributed by atoms with E-state index < -0.39 is 11.9 Å². The highest BCUT2D eigenvalue weighted by Gasteiger charge is 2.16. The number of esters is 1. The molecule has 21 heavy (non-hydrogen) atoms. The van der Waals surface area contributed by atoms with Gasteiger partial charge >= 0.3 is 5.97 Å². The van der Waals surface area contributed by atoms with Crippen molar-refractivity contribution in [3.05, 3.63) is 51.9 Å². The molecule has 1 amide bonds. The van der Waals surface area contributed by atoms with E-state index in [1.807, 2.05) is 6.07 Å². The second kappa shape index (κ2) is 6.58. The molecule has 0 aliphatic rings. The topological polar surface area (TPSA) is 68.5 Å². The van der Waals surface area contributed by atoms with E-state index in [1.54, 1.807) is 38.1 Å². The van der Waals surface area contributed by atoms with Crippen LogP contribution in [0.25, 0.3) is 0 Å². The number of nitrogens with one attached hydrogen (secondary N) is 1. The number of anilines is 1. The van der Waals surface area contributed by atoms with Gasteiger partial charge in [0.15, 0.2) is 6.61 Å². The lowest BCUT2D eigenvalue weighted by molar-refractivity contribution is -0.119. The fourth-order valence-electron chi connectivity index (χ4n) is 1.81. The number of amides is 1. The average molecular weight is 352 g/mol. The predicted molar refractivity (Wildman–Crippen MR) is 81.2 cm³/mol. The van der Waals surface area contributed by atoms with Gasteiger partial charge in [0, 0.05) is 10.2 Å². The second-order valence-corrected chi connectivity index (χ2v) is 5.38. The molecule has 6 heteroatoms. The first kappa shape index (κ1) is 15.3. The van der Waals surface area contributed by atoms with Crippen molar-refractivity contribution in [3.8, 4) is 0 Å². The number of carbonyl (C=O) groups is 2. The van der Waals surface area contributed by atoms with Crippen molar-refractivity contribution in [1.29, 1.82) is 0 Å². The summed E-state index contributed by atoms with van der Waals surface area (Å²) >= 11 is 3.31. The van der Waals surface area contributed by atoms with E-state index >= 15 is 0 Å². The van der Waals surface area contributed by atoms with Crippen LogP contribution in [0.1, 0.15) is 21.9 Å². The normalized spacial score (nSPS) is 10.2. The summed E-state index contributed by atoms with van der Waals surface area (Å²) in [6, 6.07) is 8.73. The lowest BCUT2D eigenvalue weighted by Crippen LogP contribution is -2.21. The van der Waals surface area contributed by atoms with E-state index in [4.69, 9.17) is 9.15 Å². The molecule has 0 saturated carbocycles. The van der Waals surface area contributed by atoms with Crippen molar-refractivity contribution in [3.63, 3.8) is 0 Å². The summed E-state index contributed by atoms with van der Waals surface area (Å²) < 4.78 is 11.1. The molecule has 2 aromatic rings. The number of aryl methyl sites for hydroxylation is 2. The van der Waals surface area contributed by atoms with Gasteiger partial charge in [-0.25, -0.2) is 4.79 Å². The van der Waals surface area contributed by atoms with Crippen LogP contribution in [0.4, 0.5) is 5.69 Å². The number of hydrogen-bond acceptors (Lipinski definition) is 4. The number of rotatable bonds is 4. The number of carbonyl (C=O) groups excluding carboxylic acids is 2. The molecule has 0 atom stereocenters. The largest absolute Gasteiger partial charge is 0.466 e. The van der Waals surface area contributed by atoms with E-state index in [9.17, 15) is 9.59 Å². The molecule has 0 aliphatic carbocycles. The standard InChI is InChI=1S/C15H14BrNO4/c1-9-6-13(10(2)21-9)15(19)20-8-14(18)17-12-5-3-4-11(16)7-12/h3-7H,8H2,1-2H3,(H,17,18). The Balaban J connectivity index is 1.89. The molecular formula is C15H14BrNO4. The van der Waals surface area contributed by atoms with Crippen molar-refractivity contribution in [2.75, 3.05) is 11.9 Å². The maximum atomic E-state index is 11.8. The minimum Gasteiger partial charge on any atom is -0.466 e. The summed E-state index contributed by atoms with van der Waals surface area (Å²) in [5.41, 5.74) is 0.962. The van der Waals surface area contributed by atoms with E-state index in [1.165, 1.54) is 0 Å². The van der Waals surface area contributed by atoms with Crippen molar-refractivity contribution in [1.82, 2.24) is 0 Å². The van der Waals surface area contributed by atoms with Gasteiger partial charge in [-0.15, -0.1) is 0 Å². The summed E-state index contributed by atoms with van der Waals surface area (Å²) in [4.78, 5) is 23.5. The van der Waals surface area contributed by atoms with Gasteiger partial charge < -0.3 is 14.5 Å². The molecule has 5 nitrogen and oxygen atoms in total. The summed E-state index contributed by atoms with van der Waals surface area (Å²) in [6.07, 6.45) is 0. The molecule has 1 N–H and O–H groups in total. The van der Waals surface area contributed by atoms with Crippen LogP contribution in [0, 0.1) is 13.8 Å². The van der Waals surface area contributed by atoms with Gasteiger partial charge in [0.1, 0.15) is 17.1 Å². The van der Waals surface area contributed by atoms with Gasteiger partial charge in [0.05, 0.1) is 0 Å².